The molecule has 184 valence electrons. The van der Waals surface area contributed by atoms with E-state index in [1.807, 2.05) is 0 Å². The molecule has 1 amide bonds. The Bertz CT molecular complexity index is 981. The topological polar surface area (TPSA) is 98.9 Å². The highest BCUT2D eigenvalue weighted by atomic mass is 19.4. The van der Waals surface area contributed by atoms with Gasteiger partial charge in [0.1, 0.15) is 6.61 Å². The predicted molar refractivity (Wildman–Crippen MR) is 121 cm³/mol. The number of carboxylic acids is 1. The van der Waals surface area contributed by atoms with Gasteiger partial charge in [-0.3, -0.25) is 9.59 Å². The lowest BCUT2D eigenvalue weighted by Gasteiger charge is -2.16. The molecule has 1 saturated carbocycles. The molecule has 0 aromatic heterocycles. The van der Waals surface area contributed by atoms with Gasteiger partial charge in [-0.1, -0.05) is 37.5 Å². The summed E-state index contributed by atoms with van der Waals surface area (Å²) in [5.74, 6) is -0.341. The molecule has 0 atom stereocenters. The lowest BCUT2D eigenvalue weighted by Crippen LogP contribution is -2.16. The van der Waals surface area contributed by atoms with Crippen LogP contribution in [-0.2, 0) is 22.4 Å². The summed E-state index contributed by atoms with van der Waals surface area (Å²) in [6.45, 7) is 0.0883. The average molecular weight is 479 g/mol. The van der Waals surface area contributed by atoms with E-state index in [1.54, 1.807) is 18.2 Å². The smallest absolute Gasteiger partial charge is 0.416 e. The summed E-state index contributed by atoms with van der Waals surface area (Å²) in [5.41, 5.74) is 5.61. The molecule has 0 aliphatic heterocycles. The molecule has 0 spiro atoms. The van der Waals surface area contributed by atoms with Gasteiger partial charge < -0.3 is 20.3 Å². The molecule has 6 nitrogen and oxygen atoms in total. The third-order valence-electron chi connectivity index (χ3n) is 5.26. The minimum atomic E-state index is -4.36. The molecule has 3 rings (SSSR count). The summed E-state index contributed by atoms with van der Waals surface area (Å²) in [4.78, 5) is 21.1. The number of aliphatic carboxylic acids is 1. The number of amides is 1. The van der Waals surface area contributed by atoms with Crippen molar-refractivity contribution in [2.24, 2.45) is 11.7 Å². The van der Waals surface area contributed by atoms with E-state index in [4.69, 9.17) is 20.3 Å². The largest absolute Gasteiger partial charge is 0.493 e. The predicted octanol–water partition coefficient (Wildman–Crippen LogP) is 5.44. The second kappa shape index (κ2) is 12.7. The number of carbonyl (C=O) groups excluding carboxylic acids is 1. The summed E-state index contributed by atoms with van der Waals surface area (Å²) >= 11 is 0. The number of methoxy groups -OCH3 is 1. The van der Waals surface area contributed by atoms with Crippen LogP contribution >= 0.6 is 0 Å². The summed E-state index contributed by atoms with van der Waals surface area (Å²) in [7, 11) is 1.46. The highest BCUT2D eigenvalue weighted by Crippen LogP contribution is 2.31. The highest BCUT2D eigenvalue weighted by molar-refractivity contribution is 5.90. The second-order valence-electron chi connectivity index (χ2n) is 7.80. The van der Waals surface area contributed by atoms with Crippen molar-refractivity contribution in [3.63, 3.8) is 0 Å². The van der Waals surface area contributed by atoms with Crippen LogP contribution in [0.2, 0.25) is 0 Å². The van der Waals surface area contributed by atoms with Gasteiger partial charge in [0.05, 0.1) is 18.6 Å². The van der Waals surface area contributed by atoms with Crippen molar-refractivity contribution in [1.29, 1.82) is 0 Å². The summed E-state index contributed by atoms with van der Waals surface area (Å²) in [6.07, 6.45) is 3.63. The molecular formula is C25H28F3NO5. The number of ether oxygens (including phenoxy) is 2. The molecule has 1 aliphatic carbocycles. The maximum absolute atomic E-state index is 12.5. The number of primary amides is 1. The maximum atomic E-state index is 12.5. The first-order chi connectivity index (χ1) is 16.1. The van der Waals surface area contributed by atoms with E-state index in [0.717, 1.165) is 37.8 Å². The highest BCUT2D eigenvalue weighted by Gasteiger charge is 2.29. The Labute approximate surface area is 196 Å². The van der Waals surface area contributed by atoms with Crippen LogP contribution in [0.25, 0.3) is 6.08 Å². The van der Waals surface area contributed by atoms with Gasteiger partial charge in [-0.25, -0.2) is 0 Å². The molecule has 2 aromatic rings. The number of hydrogen-bond donors (Lipinski definition) is 2. The van der Waals surface area contributed by atoms with Crippen LogP contribution in [0.3, 0.4) is 0 Å². The molecule has 0 heterocycles. The Morgan fingerprint density at radius 2 is 1.71 bits per heavy atom. The van der Waals surface area contributed by atoms with Gasteiger partial charge in [-0.2, -0.15) is 13.2 Å². The molecule has 2 aromatic carbocycles. The van der Waals surface area contributed by atoms with Crippen LogP contribution in [0.5, 0.6) is 11.5 Å². The van der Waals surface area contributed by atoms with Crippen molar-refractivity contribution in [1.82, 2.24) is 0 Å². The van der Waals surface area contributed by atoms with E-state index in [9.17, 15) is 22.8 Å². The van der Waals surface area contributed by atoms with E-state index < -0.39 is 23.6 Å². The molecule has 3 N–H and O–H groups in total. The third-order valence-corrected chi connectivity index (χ3v) is 5.26. The van der Waals surface area contributed by atoms with Gasteiger partial charge in [0.2, 0.25) is 5.91 Å². The molecule has 0 bridgehead atoms. The van der Waals surface area contributed by atoms with E-state index in [2.05, 4.69) is 0 Å². The van der Waals surface area contributed by atoms with Crippen LogP contribution in [0, 0.1) is 5.92 Å². The standard InChI is InChI=1S/C18H16F3NO3.C7H12O2/c1-24-16-10-12(5-9-17(22)23)4-8-15(16)25-11-13-2-6-14(7-3-13)18(19,20)21;8-7(9)6-4-2-1-3-5-6/h2-10H,11H2,1H3,(H2,22,23);6H,1-5H2,(H,8,9)/b9-5+;. The average Bonchev–Trinajstić information content (AvgIpc) is 2.82. The zero-order valence-corrected chi connectivity index (χ0v) is 18.8. The monoisotopic (exact) mass is 479 g/mol. The molecule has 1 aliphatic rings. The fraction of sp³-hybridized carbons (Fsp3) is 0.360. The minimum absolute atomic E-state index is 0.0289. The SMILES string of the molecule is COc1cc(/C=C/C(N)=O)ccc1OCc1ccc(C(F)(F)F)cc1.O=C(O)C1CCCCC1. The second-order valence-corrected chi connectivity index (χ2v) is 7.80. The molecule has 0 unspecified atom stereocenters. The van der Waals surface area contributed by atoms with Gasteiger partial charge in [-0.05, 0) is 54.3 Å². The molecule has 0 radical (unpaired) electrons. The Kier molecular flexibility index (Phi) is 9.97. The van der Waals surface area contributed by atoms with E-state index in [-0.39, 0.29) is 12.5 Å². The van der Waals surface area contributed by atoms with Crippen molar-refractivity contribution in [2.75, 3.05) is 7.11 Å². The number of hydrogen-bond acceptors (Lipinski definition) is 4. The normalized spacial score (nSPS) is 14.2. The van der Waals surface area contributed by atoms with Gasteiger partial charge in [-0.15, -0.1) is 0 Å². The van der Waals surface area contributed by atoms with Crippen molar-refractivity contribution >= 4 is 18.0 Å². The Balaban J connectivity index is 0.000000379. The Morgan fingerprint density at radius 3 is 2.21 bits per heavy atom. The van der Waals surface area contributed by atoms with Crippen molar-refractivity contribution < 1.29 is 37.3 Å². The summed E-state index contributed by atoms with van der Waals surface area (Å²) < 4.78 is 48.4. The number of carbonyl (C=O) groups is 2. The number of halogens is 3. The number of benzene rings is 2. The number of alkyl halides is 3. The van der Waals surface area contributed by atoms with Gasteiger partial charge in [0, 0.05) is 6.08 Å². The Morgan fingerprint density at radius 1 is 1.06 bits per heavy atom. The van der Waals surface area contributed by atoms with Crippen molar-refractivity contribution in [2.45, 2.75) is 44.9 Å². The first kappa shape index (κ1) is 26.8. The van der Waals surface area contributed by atoms with Crippen molar-refractivity contribution in [3.8, 4) is 11.5 Å². The zero-order chi connectivity index (χ0) is 25.1. The summed E-state index contributed by atoms with van der Waals surface area (Å²) in [5, 5.41) is 8.54. The lowest BCUT2D eigenvalue weighted by atomic mass is 9.90. The van der Waals surface area contributed by atoms with Crippen molar-refractivity contribution in [3.05, 3.63) is 65.2 Å². The first-order valence-corrected chi connectivity index (χ1v) is 10.8. The fourth-order valence-electron chi connectivity index (χ4n) is 3.39. The fourth-order valence-corrected chi connectivity index (χ4v) is 3.39. The van der Waals surface area contributed by atoms with Gasteiger partial charge >= 0.3 is 12.1 Å². The maximum Gasteiger partial charge on any atom is 0.416 e. The quantitative estimate of drug-likeness (QED) is 0.515. The first-order valence-electron chi connectivity index (χ1n) is 10.8. The molecule has 34 heavy (non-hydrogen) atoms. The zero-order valence-electron chi connectivity index (χ0n) is 18.8. The lowest BCUT2D eigenvalue weighted by molar-refractivity contribution is -0.142. The van der Waals surface area contributed by atoms with Crippen LogP contribution in [0.4, 0.5) is 13.2 Å². The van der Waals surface area contributed by atoms with E-state index in [1.165, 1.54) is 37.8 Å². The molecular weight excluding hydrogens is 451 g/mol. The molecule has 0 saturated heterocycles. The molecule has 9 heteroatoms. The van der Waals surface area contributed by atoms with Crippen LogP contribution < -0.4 is 15.2 Å². The van der Waals surface area contributed by atoms with Gasteiger partial charge in [0.25, 0.3) is 0 Å². The van der Waals surface area contributed by atoms with Gasteiger partial charge in [0.15, 0.2) is 11.5 Å². The van der Waals surface area contributed by atoms with Crippen LogP contribution in [-0.4, -0.2) is 24.1 Å². The Hall–Kier alpha value is -3.49. The summed E-state index contributed by atoms with van der Waals surface area (Å²) in [6, 6.07) is 9.73. The third kappa shape index (κ3) is 8.80. The van der Waals surface area contributed by atoms with E-state index in [0.29, 0.717) is 22.6 Å². The number of carboxylic acid groups (broad SMARTS) is 1. The number of rotatable bonds is 7. The van der Waals surface area contributed by atoms with Crippen LogP contribution in [0.1, 0.15) is 48.8 Å². The molecule has 1 fully saturated rings. The van der Waals surface area contributed by atoms with E-state index >= 15 is 0 Å². The number of nitrogens with two attached hydrogens (primary N) is 1. The van der Waals surface area contributed by atoms with Crippen LogP contribution in [0.15, 0.2) is 48.5 Å². The minimum Gasteiger partial charge on any atom is -0.493 e.